The Morgan fingerprint density at radius 2 is 1.94 bits per heavy atom. The Hall–Kier alpha value is -1.85. The lowest BCUT2D eigenvalue weighted by molar-refractivity contribution is -0.142. The Kier molecular flexibility index (Phi) is 2.41. The molecule has 0 aliphatic rings. The molecule has 0 fully saturated rings. The molecule has 2 heterocycles. The Morgan fingerprint density at radius 3 is 2.50 bits per heavy atom. The fourth-order valence-corrected chi connectivity index (χ4v) is 1.45. The van der Waals surface area contributed by atoms with Crippen LogP contribution in [0.1, 0.15) is 11.4 Å². The van der Waals surface area contributed by atoms with Crippen LogP contribution in [0.5, 0.6) is 0 Å². The summed E-state index contributed by atoms with van der Waals surface area (Å²) in [4.78, 5) is 7.52. The molecule has 0 saturated carbocycles. The van der Waals surface area contributed by atoms with Gasteiger partial charge in [0.25, 0.3) is 0 Å². The number of imidazole rings is 1. The number of aromatic nitrogens is 3. The van der Waals surface area contributed by atoms with Crippen molar-refractivity contribution < 1.29 is 13.2 Å². The molecule has 84 valence electrons. The minimum atomic E-state index is -4.43. The van der Waals surface area contributed by atoms with E-state index in [1.165, 1.54) is 19.2 Å². The molecule has 0 N–H and O–H groups in total. The molecule has 0 amide bonds. The van der Waals surface area contributed by atoms with Crippen LogP contribution < -0.4 is 0 Å². The molecule has 16 heavy (non-hydrogen) atoms. The van der Waals surface area contributed by atoms with Crippen molar-refractivity contribution in [3.05, 3.63) is 42.1 Å². The highest BCUT2D eigenvalue weighted by molar-refractivity contribution is 5.29. The number of hydrogen-bond donors (Lipinski definition) is 0. The van der Waals surface area contributed by atoms with E-state index in [0.717, 1.165) is 10.9 Å². The van der Waals surface area contributed by atoms with Crippen molar-refractivity contribution in [2.24, 2.45) is 0 Å². The van der Waals surface area contributed by atoms with Gasteiger partial charge in [-0.25, -0.2) is 9.97 Å². The van der Waals surface area contributed by atoms with Crippen molar-refractivity contribution in [2.75, 3.05) is 0 Å². The van der Waals surface area contributed by atoms with Gasteiger partial charge in [-0.15, -0.1) is 0 Å². The minimum absolute atomic E-state index is 0.0573. The lowest BCUT2D eigenvalue weighted by atomic mass is 10.3. The van der Waals surface area contributed by atoms with Crippen molar-refractivity contribution in [1.29, 1.82) is 0 Å². The fraction of sp³-hybridized carbons (Fsp3) is 0.200. The third kappa shape index (κ3) is 1.78. The van der Waals surface area contributed by atoms with E-state index in [0.29, 0.717) is 0 Å². The Labute approximate surface area is 89.6 Å². The van der Waals surface area contributed by atoms with Gasteiger partial charge in [-0.2, -0.15) is 13.2 Å². The maximum atomic E-state index is 12.7. The first-order chi connectivity index (χ1) is 7.50. The van der Waals surface area contributed by atoms with E-state index in [-0.39, 0.29) is 11.5 Å². The highest BCUT2D eigenvalue weighted by Crippen LogP contribution is 2.32. The molecule has 0 radical (unpaired) electrons. The van der Waals surface area contributed by atoms with Gasteiger partial charge in [0.1, 0.15) is 12.1 Å². The molecule has 2 rings (SSSR count). The van der Waals surface area contributed by atoms with Gasteiger partial charge < -0.3 is 0 Å². The number of pyridine rings is 1. The van der Waals surface area contributed by atoms with Gasteiger partial charge in [-0.1, -0.05) is 6.07 Å². The zero-order chi connectivity index (χ0) is 11.8. The summed E-state index contributed by atoms with van der Waals surface area (Å²) in [5.74, 6) is 0.204. The first-order valence-electron chi connectivity index (χ1n) is 4.52. The lowest BCUT2D eigenvalue weighted by Gasteiger charge is -2.10. The lowest BCUT2D eigenvalue weighted by Crippen LogP contribution is -2.14. The Morgan fingerprint density at radius 1 is 1.19 bits per heavy atom. The van der Waals surface area contributed by atoms with Crippen LogP contribution >= 0.6 is 0 Å². The summed E-state index contributed by atoms with van der Waals surface area (Å²) in [5, 5.41) is 0. The summed E-state index contributed by atoms with van der Waals surface area (Å²) in [6.07, 6.45) is -1.87. The molecule has 0 aromatic carbocycles. The van der Waals surface area contributed by atoms with E-state index in [1.807, 2.05) is 0 Å². The smallest absolute Gasteiger partial charge is 0.279 e. The third-order valence-electron chi connectivity index (χ3n) is 2.12. The number of nitrogens with zero attached hydrogens (tertiary/aromatic N) is 3. The molecule has 3 nitrogen and oxygen atoms in total. The summed E-state index contributed by atoms with van der Waals surface area (Å²) in [6, 6.07) is 4.76. The molecule has 0 saturated heterocycles. The maximum absolute atomic E-state index is 12.7. The maximum Gasteiger partial charge on any atom is 0.433 e. The summed E-state index contributed by atoms with van der Waals surface area (Å²) < 4.78 is 39.2. The molecular formula is C10H8F3N3. The van der Waals surface area contributed by atoms with Crippen LogP contribution in [-0.2, 0) is 6.18 Å². The predicted molar refractivity (Wildman–Crippen MR) is 51.1 cm³/mol. The molecule has 0 aliphatic heterocycles. The van der Waals surface area contributed by atoms with Gasteiger partial charge in [0.05, 0.1) is 5.69 Å². The average Bonchev–Trinajstić information content (AvgIpc) is 2.61. The molecule has 2 aromatic rings. The summed E-state index contributed by atoms with van der Waals surface area (Å²) in [6.45, 7) is 1.32. The van der Waals surface area contributed by atoms with Gasteiger partial charge in [0, 0.05) is 6.20 Å². The van der Waals surface area contributed by atoms with Gasteiger partial charge in [0.2, 0.25) is 0 Å². The monoisotopic (exact) mass is 227 g/mol. The van der Waals surface area contributed by atoms with Gasteiger partial charge in [-0.05, 0) is 19.1 Å². The van der Waals surface area contributed by atoms with E-state index in [1.54, 1.807) is 12.1 Å². The van der Waals surface area contributed by atoms with Crippen molar-refractivity contribution in [2.45, 2.75) is 13.1 Å². The van der Waals surface area contributed by atoms with Crippen LogP contribution in [0.15, 0.2) is 30.7 Å². The number of rotatable bonds is 1. The summed E-state index contributed by atoms with van der Waals surface area (Å²) in [7, 11) is 0. The van der Waals surface area contributed by atoms with Crippen molar-refractivity contribution >= 4 is 0 Å². The number of hydrogen-bond acceptors (Lipinski definition) is 2. The standard InChI is InChI=1S/C10H8F3N3/c1-7-9(10(11,12)13)16(6-15-7)8-4-2-3-5-14-8/h2-6H,1H3. The van der Waals surface area contributed by atoms with Crippen LogP contribution in [-0.4, -0.2) is 14.5 Å². The van der Waals surface area contributed by atoms with Crippen LogP contribution in [0, 0.1) is 6.92 Å². The number of halogens is 3. The van der Waals surface area contributed by atoms with Gasteiger partial charge in [-0.3, -0.25) is 4.57 Å². The zero-order valence-electron chi connectivity index (χ0n) is 8.36. The van der Waals surface area contributed by atoms with E-state index in [9.17, 15) is 13.2 Å². The Bertz CT molecular complexity index is 488. The fourth-order valence-electron chi connectivity index (χ4n) is 1.45. The second kappa shape index (κ2) is 3.62. The predicted octanol–water partition coefficient (Wildman–Crippen LogP) is 2.59. The number of alkyl halides is 3. The van der Waals surface area contributed by atoms with Crippen LogP contribution in [0.2, 0.25) is 0 Å². The molecule has 2 aromatic heterocycles. The average molecular weight is 227 g/mol. The van der Waals surface area contributed by atoms with E-state index in [2.05, 4.69) is 9.97 Å². The molecule has 0 bridgehead atoms. The van der Waals surface area contributed by atoms with Crippen molar-refractivity contribution in [3.63, 3.8) is 0 Å². The Balaban J connectivity index is 2.60. The minimum Gasteiger partial charge on any atom is -0.279 e. The normalized spacial score (nSPS) is 11.8. The first-order valence-corrected chi connectivity index (χ1v) is 4.52. The van der Waals surface area contributed by atoms with Crippen LogP contribution in [0.4, 0.5) is 13.2 Å². The second-order valence-corrected chi connectivity index (χ2v) is 3.23. The molecule has 6 heteroatoms. The molecule has 0 spiro atoms. The van der Waals surface area contributed by atoms with Crippen molar-refractivity contribution in [3.8, 4) is 5.82 Å². The quantitative estimate of drug-likeness (QED) is 0.749. The van der Waals surface area contributed by atoms with E-state index >= 15 is 0 Å². The van der Waals surface area contributed by atoms with E-state index in [4.69, 9.17) is 0 Å². The number of aryl methyl sites for hydroxylation is 1. The third-order valence-corrected chi connectivity index (χ3v) is 2.12. The molecule has 0 aliphatic carbocycles. The van der Waals surface area contributed by atoms with Crippen LogP contribution in [0.3, 0.4) is 0 Å². The first kappa shape index (κ1) is 10.7. The topological polar surface area (TPSA) is 30.7 Å². The van der Waals surface area contributed by atoms with Gasteiger partial charge in [0.15, 0.2) is 5.69 Å². The largest absolute Gasteiger partial charge is 0.433 e. The van der Waals surface area contributed by atoms with E-state index < -0.39 is 11.9 Å². The SMILES string of the molecule is Cc1ncn(-c2ccccn2)c1C(F)(F)F. The zero-order valence-corrected chi connectivity index (χ0v) is 8.36. The second-order valence-electron chi connectivity index (χ2n) is 3.23. The molecule has 0 atom stereocenters. The molecular weight excluding hydrogens is 219 g/mol. The summed E-state index contributed by atoms with van der Waals surface area (Å²) in [5.41, 5.74) is -0.843. The molecule has 0 unspecified atom stereocenters. The van der Waals surface area contributed by atoms with Crippen molar-refractivity contribution in [1.82, 2.24) is 14.5 Å². The van der Waals surface area contributed by atoms with Crippen LogP contribution in [0.25, 0.3) is 5.82 Å². The highest BCUT2D eigenvalue weighted by atomic mass is 19.4. The van der Waals surface area contributed by atoms with Gasteiger partial charge >= 0.3 is 6.18 Å². The highest BCUT2D eigenvalue weighted by Gasteiger charge is 2.37. The summed E-state index contributed by atoms with van der Waals surface area (Å²) >= 11 is 0.